The lowest BCUT2D eigenvalue weighted by molar-refractivity contribution is -0.00825. The van der Waals surface area contributed by atoms with Crippen LogP contribution in [0.25, 0.3) is 0 Å². The first-order valence-corrected chi connectivity index (χ1v) is 12.0. The first kappa shape index (κ1) is 24.1. The molecule has 3 rings (SSSR count). The average Bonchev–Trinajstić information content (AvgIpc) is 2.72. The zero-order chi connectivity index (χ0) is 22.6. The van der Waals surface area contributed by atoms with Crippen molar-refractivity contribution in [2.75, 3.05) is 33.3 Å². The van der Waals surface area contributed by atoms with Gasteiger partial charge in [0.25, 0.3) is 0 Å². The van der Waals surface area contributed by atoms with Gasteiger partial charge in [0.2, 0.25) is 0 Å². The highest BCUT2D eigenvalue weighted by molar-refractivity contribution is 9.10. The predicted molar refractivity (Wildman–Crippen MR) is 127 cm³/mol. The van der Waals surface area contributed by atoms with E-state index in [4.69, 9.17) is 9.57 Å². The number of hydrogen-bond acceptors (Lipinski definition) is 5. The minimum Gasteiger partial charge on any atom is -0.444 e. The third-order valence-corrected chi connectivity index (χ3v) is 7.00. The Morgan fingerprint density at radius 3 is 2.19 bits per heavy atom. The second-order valence-electron chi connectivity index (χ2n) is 9.89. The highest BCUT2D eigenvalue weighted by Gasteiger charge is 2.40. The molecule has 0 radical (unpaired) electrons. The summed E-state index contributed by atoms with van der Waals surface area (Å²) in [5.74, 6) is 0.392. The van der Waals surface area contributed by atoms with Crippen LogP contribution >= 0.6 is 15.9 Å². The largest absolute Gasteiger partial charge is 0.444 e. The molecule has 2 saturated heterocycles. The van der Waals surface area contributed by atoms with E-state index in [1.807, 2.05) is 25.7 Å². The number of rotatable bonds is 4. The van der Waals surface area contributed by atoms with Gasteiger partial charge in [-0.3, -0.25) is 4.90 Å². The van der Waals surface area contributed by atoms with Gasteiger partial charge in [0, 0.05) is 29.0 Å². The minimum absolute atomic E-state index is 0.125. The Kier molecular flexibility index (Phi) is 7.68. The molecule has 31 heavy (non-hydrogen) atoms. The van der Waals surface area contributed by atoms with Crippen LogP contribution in [0.3, 0.4) is 0 Å². The Labute approximate surface area is 195 Å². The second kappa shape index (κ2) is 9.90. The molecule has 1 aromatic carbocycles. The monoisotopic (exact) mass is 493 g/mol. The van der Waals surface area contributed by atoms with E-state index in [0.29, 0.717) is 5.92 Å². The summed E-state index contributed by atoms with van der Waals surface area (Å²) < 4.78 is 6.61. The number of piperidine rings is 2. The summed E-state index contributed by atoms with van der Waals surface area (Å²) in [6.45, 7) is 11.7. The molecule has 0 bridgehead atoms. The summed E-state index contributed by atoms with van der Waals surface area (Å²) in [6, 6.07) is 8.30. The van der Waals surface area contributed by atoms with Crippen molar-refractivity contribution in [1.29, 1.82) is 0 Å². The van der Waals surface area contributed by atoms with E-state index in [1.165, 1.54) is 0 Å². The van der Waals surface area contributed by atoms with Gasteiger partial charge in [-0.25, -0.2) is 4.79 Å². The molecule has 172 valence electrons. The highest BCUT2D eigenvalue weighted by Crippen LogP contribution is 2.34. The highest BCUT2D eigenvalue weighted by atomic mass is 79.9. The Morgan fingerprint density at radius 2 is 1.68 bits per heavy atom. The molecule has 0 atom stereocenters. The second-order valence-corrected chi connectivity index (χ2v) is 10.8. The number of oxime groups is 1. The van der Waals surface area contributed by atoms with Gasteiger partial charge < -0.3 is 14.5 Å². The van der Waals surface area contributed by atoms with Crippen LogP contribution < -0.4 is 0 Å². The molecule has 2 fully saturated rings. The van der Waals surface area contributed by atoms with E-state index in [9.17, 15) is 4.79 Å². The van der Waals surface area contributed by atoms with Crippen LogP contribution in [-0.4, -0.2) is 66.0 Å². The fourth-order valence-electron chi connectivity index (χ4n) is 4.59. The number of benzene rings is 1. The number of amides is 1. The fourth-order valence-corrected chi connectivity index (χ4v) is 4.85. The number of ether oxygens (including phenoxy) is 1. The van der Waals surface area contributed by atoms with Gasteiger partial charge in [-0.15, -0.1) is 0 Å². The van der Waals surface area contributed by atoms with Gasteiger partial charge in [-0.2, -0.15) is 0 Å². The van der Waals surface area contributed by atoms with E-state index < -0.39 is 5.60 Å². The number of nitrogens with zero attached hydrogens (tertiary/aromatic N) is 3. The zero-order valence-electron chi connectivity index (χ0n) is 19.5. The summed E-state index contributed by atoms with van der Waals surface area (Å²) in [4.78, 5) is 22.1. The molecule has 2 aliphatic heterocycles. The third-order valence-electron chi connectivity index (χ3n) is 6.47. The quantitative estimate of drug-likeness (QED) is 0.421. The number of carbonyl (C=O) groups is 1. The van der Waals surface area contributed by atoms with Gasteiger partial charge >= 0.3 is 6.09 Å². The summed E-state index contributed by atoms with van der Waals surface area (Å²) in [5, 5.41) is 4.39. The lowest BCUT2D eigenvalue weighted by Gasteiger charge is -2.49. The Morgan fingerprint density at radius 1 is 1.10 bits per heavy atom. The maximum Gasteiger partial charge on any atom is 0.410 e. The number of carbonyl (C=O) groups excluding carboxylic acids is 1. The minimum atomic E-state index is -0.448. The van der Waals surface area contributed by atoms with Crippen LogP contribution in [0.5, 0.6) is 0 Å². The van der Waals surface area contributed by atoms with Crippen molar-refractivity contribution < 1.29 is 14.4 Å². The third kappa shape index (κ3) is 6.22. The number of likely N-dealkylation sites (tertiary alicyclic amines) is 2. The lowest BCUT2D eigenvalue weighted by Crippen LogP contribution is -2.57. The molecule has 0 aliphatic carbocycles. The van der Waals surface area contributed by atoms with Crippen LogP contribution in [0, 0.1) is 5.92 Å². The predicted octanol–water partition coefficient (Wildman–Crippen LogP) is 5.30. The topological polar surface area (TPSA) is 54.4 Å². The average molecular weight is 494 g/mol. The molecule has 1 amide bonds. The van der Waals surface area contributed by atoms with Crippen molar-refractivity contribution in [2.24, 2.45) is 11.1 Å². The van der Waals surface area contributed by atoms with E-state index in [0.717, 1.165) is 67.6 Å². The Balaban J connectivity index is 1.57. The van der Waals surface area contributed by atoms with Gasteiger partial charge in [0.15, 0.2) is 0 Å². The molecule has 0 N–H and O–H groups in total. The normalized spacial score (nSPS) is 21.1. The van der Waals surface area contributed by atoms with Crippen LogP contribution in [-0.2, 0) is 9.57 Å². The van der Waals surface area contributed by atoms with Crippen molar-refractivity contribution >= 4 is 27.7 Å². The molecule has 6 nitrogen and oxygen atoms in total. The maximum absolute atomic E-state index is 12.4. The molecule has 2 heterocycles. The molecule has 0 unspecified atom stereocenters. The van der Waals surface area contributed by atoms with Gasteiger partial charge in [-0.1, -0.05) is 33.2 Å². The van der Waals surface area contributed by atoms with Crippen molar-refractivity contribution in [3.8, 4) is 0 Å². The molecule has 0 aromatic heterocycles. The molecule has 1 aromatic rings. The summed E-state index contributed by atoms with van der Waals surface area (Å²) in [5.41, 5.74) is 1.84. The molecule has 2 aliphatic rings. The van der Waals surface area contributed by atoms with E-state index in [-0.39, 0.29) is 11.6 Å². The molecule has 0 spiro atoms. The Hall–Kier alpha value is -1.60. The fraction of sp³-hybridized carbons (Fsp3) is 0.667. The van der Waals surface area contributed by atoms with Crippen LogP contribution in [0.4, 0.5) is 4.79 Å². The lowest BCUT2D eigenvalue weighted by atomic mass is 9.82. The van der Waals surface area contributed by atoms with Crippen molar-refractivity contribution in [1.82, 2.24) is 9.80 Å². The first-order valence-electron chi connectivity index (χ1n) is 11.2. The number of hydrogen-bond donors (Lipinski definition) is 0. The van der Waals surface area contributed by atoms with E-state index in [1.54, 1.807) is 7.11 Å². The van der Waals surface area contributed by atoms with Gasteiger partial charge in [-0.05, 0) is 84.2 Å². The van der Waals surface area contributed by atoms with Crippen molar-refractivity contribution in [3.63, 3.8) is 0 Å². The standard InChI is InChI=1S/C24H36BrN3O3/c1-23(2,3)31-22(29)27-16-12-24(4,13-17-27)28-14-10-19(11-15-28)21(26-30-5)18-6-8-20(25)9-7-18/h6-9,19H,10-17H2,1-5H3/b26-21-. The van der Waals surface area contributed by atoms with Crippen molar-refractivity contribution in [2.45, 2.75) is 64.5 Å². The SMILES string of the molecule is CO/N=C(/c1ccc(Br)cc1)C1CCN(C2(C)CCN(C(=O)OC(C)(C)C)CC2)CC1. The summed E-state index contributed by atoms with van der Waals surface area (Å²) in [7, 11) is 1.62. The van der Waals surface area contributed by atoms with Crippen LogP contribution in [0.15, 0.2) is 33.9 Å². The molecule has 7 heteroatoms. The molecular weight excluding hydrogens is 458 g/mol. The van der Waals surface area contributed by atoms with Crippen molar-refractivity contribution in [3.05, 3.63) is 34.3 Å². The van der Waals surface area contributed by atoms with Gasteiger partial charge in [0.05, 0.1) is 5.71 Å². The van der Waals surface area contributed by atoms with E-state index >= 15 is 0 Å². The van der Waals surface area contributed by atoms with Crippen LogP contribution in [0.2, 0.25) is 0 Å². The zero-order valence-corrected chi connectivity index (χ0v) is 21.1. The Bertz CT molecular complexity index is 772. The summed E-state index contributed by atoms with van der Waals surface area (Å²) >= 11 is 3.50. The van der Waals surface area contributed by atoms with E-state index in [2.05, 4.69) is 57.2 Å². The van der Waals surface area contributed by atoms with Crippen LogP contribution in [0.1, 0.15) is 58.9 Å². The number of halogens is 1. The smallest absolute Gasteiger partial charge is 0.410 e. The maximum atomic E-state index is 12.4. The summed E-state index contributed by atoms with van der Waals surface area (Å²) in [6.07, 6.45) is 3.88. The first-order chi connectivity index (χ1) is 14.6. The van der Waals surface area contributed by atoms with Gasteiger partial charge in [0.1, 0.15) is 12.7 Å². The molecule has 0 saturated carbocycles. The molecular formula is C24H36BrN3O3.